The van der Waals surface area contributed by atoms with E-state index in [1.807, 2.05) is 42.5 Å². The summed E-state index contributed by atoms with van der Waals surface area (Å²) in [7, 11) is 1.66. The number of thiocarbonyl (C=S) groups is 1. The smallest absolute Gasteiger partial charge is 0.173 e. The quantitative estimate of drug-likeness (QED) is 0.749. The normalized spacial score (nSPS) is 15.0. The molecule has 2 aromatic carbocycles. The maximum Gasteiger partial charge on any atom is 0.173 e. The third-order valence-corrected chi connectivity index (χ3v) is 5.49. The number of piperazine rings is 1. The monoisotopic (exact) mass is 409 g/mol. The topological polar surface area (TPSA) is 27.7 Å². The van der Waals surface area contributed by atoms with E-state index < -0.39 is 0 Å². The molecule has 2 aromatic rings. The Morgan fingerprint density at radius 3 is 2.35 bits per heavy atom. The van der Waals surface area contributed by atoms with Gasteiger partial charge in [0.05, 0.1) is 17.2 Å². The van der Waals surface area contributed by atoms with E-state index in [1.54, 1.807) is 7.11 Å². The zero-order chi connectivity index (χ0) is 18.5. The third kappa shape index (κ3) is 5.01. The number of hydrogen-bond acceptors (Lipinski definition) is 3. The number of hydrogen-bond donors (Lipinski definition) is 1. The van der Waals surface area contributed by atoms with Gasteiger partial charge in [0.1, 0.15) is 5.75 Å². The SMILES string of the molecule is COc1ccc(NC(=S)N2CCN(Cc3ccc(Cl)c(Cl)c3)CC2)cc1. The molecule has 0 amide bonds. The largest absolute Gasteiger partial charge is 0.497 e. The van der Waals surface area contributed by atoms with Crippen LogP contribution in [0.4, 0.5) is 5.69 Å². The van der Waals surface area contributed by atoms with Gasteiger partial charge in [0.15, 0.2) is 5.11 Å². The summed E-state index contributed by atoms with van der Waals surface area (Å²) in [5.41, 5.74) is 2.14. The maximum atomic E-state index is 6.10. The zero-order valence-corrected chi connectivity index (χ0v) is 16.9. The molecule has 138 valence electrons. The molecule has 0 radical (unpaired) electrons. The second-order valence-electron chi connectivity index (χ2n) is 6.17. The van der Waals surface area contributed by atoms with Gasteiger partial charge >= 0.3 is 0 Å². The van der Waals surface area contributed by atoms with Crippen LogP contribution in [0.15, 0.2) is 42.5 Å². The summed E-state index contributed by atoms with van der Waals surface area (Å²) in [5, 5.41) is 5.24. The first-order valence-corrected chi connectivity index (χ1v) is 9.58. The van der Waals surface area contributed by atoms with Crippen LogP contribution >= 0.6 is 35.4 Å². The number of nitrogens with one attached hydrogen (secondary N) is 1. The molecule has 26 heavy (non-hydrogen) atoms. The van der Waals surface area contributed by atoms with Crippen molar-refractivity contribution in [1.29, 1.82) is 0 Å². The summed E-state index contributed by atoms with van der Waals surface area (Å²) in [6, 6.07) is 13.6. The third-order valence-electron chi connectivity index (χ3n) is 4.39. The van der Waals surface area contributed by atoms with Gasteiger partial charge in [0.2, 0.25) is 0 Å². The Morgan fingerprint density at radius 2 is 1.73 bits per heavy atom. The van der Waals surface area contributed by atoms with Crippen LogP contribution < -0.4 is 10.1 Å². The van der Waals surface area contributed by atoms with Crippen LogP contribution in [-0.4, -0.2) is 48.2 Å². The number of benzene rings is 2. The standard InChI is InChI=1S/C19H21Cl2N3OS/c1-25-16-5-3-15(4-6-16)22-19(26)24-10-8-23(9-11-24)13-14-2-7-17(20)18(21)12-14/h2-7,12H,8-11,13H2,1H3,(H,22,26). The van der Waals surface area contributed by atoms with Gasteiger partial charge in [-0.15, -0.1) is 0 Å². The summed E-state index contributed by atoms with van der Waals surface area (Å²) >= 11 is 17.6. The van der Waals surface area contributed by atoms with Gasteiger partial charge in [-0.3, -0.25) is 4.90 Å². The van der Waals surface area contributed by atoms with Crippen molar-refractivity contribution < 1.29 is 4.74 Å². The highest BCUT2D eigenvalue weighted by Gasteiger charge is 2.19. The summed E-state index contributed by atoms with van der Waals surface area (Å²) in [6.45, 7) is 4.55. The average molecular weight is 410 g/mol. The second-order valence-corrected chi connectivity index (χ2v) is 7.37. The summed E-state index contributed by atoms with van der Waals surface area (Å²) in [4.78, 5) is 4.59. The van der Waals surface area contributed by atoms with Gasteiger partial charge in [-0.2, -0.15) is 0 Å². The molecule has 1 aliphatic rings. The van der Waals surface area contributed by atoms with Crippen LogP contribution in [0.1, 0.15) is 5.56 Å². The maximum absolute atomic E-state index is 6.10. The second kappa shape index (κ2) is 8.91. The minimum atomic E-state index is 0.593. The van der Waals surface area contributed by atoms with Crippen molar-refractivity contribution in [1.82, 2.24) is 9.80 Å². The van der Waals surface area contributed by atoms with Gasteiger partial charge < -0.3 is 15.0 Å². The van der Waals surface area contributed by atoms with Gasteiger partial charge in [-0.25, -0.2) is 0 Å². The first kappa shape index (κ1) is 19.2. The zero-order valence-electron chi connectivity index (χ0n) is 14.5. The van der Waals surface area contributed by atoms with Gasteiger partial charge in [0, 0.05) is 38.4 Å². The number of anilines is 1. The minimum Gasteiger partial charge on any atom is -0.497 e. The van der Waals surface area contributed by atoms with Crippen molar-refractivity contribution in [3.05, 3.63) is 58.1 Å². The van der Waals surface area contributed by atoms with Crippen LogP contribution in [0.2, 0.25) is 10.0 Å². The highest BCUT2D eigenvalue weighted by atomic mass is 35.5. The van der Waals surface area contributed by atoms with Crippen LogP contribution in [0.5, 0.6) is 5.75 Å². The number of rotatable bonds is 4. The van der Waals surface area contributed by atoms with Crippen LogP contribution in [0.25, 0.3) is 0 Å². The van der Waals surface area contributed by atoms with Crippen molar-refractivity contribution in [2.24, 2.45) is 0 Å². The first-order valence-electron chi connectivity index (χ1n) is 8.41. The van der Waals surface area contributed by atoms with Gasteiger partial charge in [-0.1, -0.05) is 29.3 Å². The van der Waals surface area contributed by atoms with Crippen LogP contribution in [-0.2, 0) is 6.54 Å². The van der Waals surface area contributed by atoms with E-state index in [2.05, 4.69) is 15.1 Å². The molecule has 1 heterocycles. The fraction of sp³-hybridized carbons (Fsp3) is 0.316. The van der Waals surface area contributed by atoms with E-state index in [-0.39, 0.29) is 0 Å². The highest BCUT2D eigenvalue weighted by Crippen LogP contribution is 2.23. The summed E-state index contributed by atoms with van der Waals surface area (Å²) in [6.07, 6.45) is 0. The van der Waals surface area contributed by atoms with Crippen molar-refractivity contribution in [2.75, 3.05) is 38.6 Å². The summed E-state index contributed by atoms with van der Waals surface area (Å²) < 4.78 is 5.17. The molecule has 1 aliphatic heterocycles. The average Bonchev–Trinajstić information content (AvgIpc) is 2.66. The lowest BCUT2D eigenvalue weighted by atomic mass is 10.2. The molecule has 0 aromatic heterocycles. The molecule has 0 bridgehead atoms. The predicted octanol–water partition coefficient (Wildman–Crippen LogP) is 4.52. The molecule has 1 fully saturated rings. The lowest BCUT2D eigenvalue weighted by Gasteiger charge is -2.36. The van der Waals surface area contributed by atoms with E-state index in [0.29, 0.717) is 10.0 Å². The van der Waals surface area contributed by atoms with Crippen molar-refractivity contribution in [3.63, 3.8) is 0 Å². The molecule has 7 heteroatoms. The molecule has 1 N–H and O–H groups in total. The Bertz CT molecular complexity index is 762. The van der Waals surface area contributed by atoms with Crippen molar-refractivity contribution in [3.8, 4) is 5.75 Å². The molecule has 4 nitrogen and oxygen atoms in total. The molecule has 0 spiro atoms. The Kier molecular flexibility index (Phi) is 6.59. The molecular formula is C19H21Cl2N3OS. The highest BCUT2D eigenvalue weighted by molar-refractivity contribution is 7.80. The molecule has 0 atom stereocenters. The van der Waals surface area contributed by atoms with Crippen molar-refractivity contribution >= 4 is 46.2 Å². The van der Waals surface area contributed by atoms with Gasteiger partial charge in [0.25, 0.3) is 0 Å². The molecule has 1 saturated heterocycles. The molecule has 3 rings (SSSR count). The van der Waals surface area contributed by atoms with E-state index in [9.17, 15) is 0 Å². The number of halogens is 2. The number of ether oxygens (including phenoxy) is 1. The van der Waals surface area contributed by atoms with E-state index in [1.165, 1.54) is 5.56 Å². The first-order chi connectivity index (χ1) is 12.5. The fourth-order valence-corrected chi connectivity index (χ4v) is 3.50. The molecule has 0 aliphatic carbocycles. The molecular weight excluding hydrogens is 389 g/mol. The Hall–Kier alpha value is -1.53. The lowest BCUT2D eigenvalue weighted by Crippen LogP contribution is -2.49. The van der Waals surface area contributed by atoms with E-state index in [0.717, 1.165) is 49.3 Å². The Balaban J connectivity index is 1.49. The Labute approximate surface area is 169 Å². The fourth-order valence-electron chi connectivity index (χ4n) is 2.88. The summed E-state index contributed by atoms with van der Waals surface area (Å²) in [5.74, 6) is 0.831. The molecule has 0 saturated carbocycles. The predicted molar refractivity (Wildman–Crippen MR) is 113 cm³/mol. The number of methoxy groups -OCH3 is 1. The van der Waals surface area contributed by atoms with Gasteiger partial charge in [-0.05, 0) is 54.2 Å². The molecule has 0 unspecified atom stereocenters. The lowest BCUT2D eigenvalue weighted by molar-refractivity contribution is 0.177. The van der Waals surface area contributed by atoms with Crippen LogP contribution in [0.3, 0.4) is 0 Å². The Morgan fingerprint density at radius 1 is 1.04 bits per heavy atom. The minimum absolute atomic E-state index is 0.593. The van der Waals surface area contributed by atoms with Crippen molar-refractivity contribution in [2.45, 2.75) is 6.54 Å². The van der Waals surface area contributed by atoms with E-state index >= 15 is 0 Å². The van der Waals surface area contributed by atoms with Crippen LogP contribution in [0, 0.1) is 0 Å². The van der Waals surface area contributed by atoms with E-state index in [4.69, 9.17) is 40.2 Å². The number of nitrogens with zero attached hydrogens (tertiary/aromatic N) is 2.